The highest BCUT2D eigenvalue weighted by Crippen LogP contribution is 2.15. The minimum atomic E-state index is -0.391. The fourth-order valence-corrected chi connectivity index (χ4v) is 2.52. The number of nitrogens with two attached hydrogens (primary N) is 1. The summed E-state index contributed by atoms with van der Waals surface area (Å²) in [6, 6.07) is 7.44. The van der Waals surface area contributed by atoms with Crippen LogP contribution in [0.5, 0.6) is 0 Å². The van der Waals surface area contributed by atoms with Gasteiger partial charge in [0.15, 0.2) is 0 Å². The zero-order chi connectivity index (χ0) is 14.1. The van der Waals surface area contributed by atoms with E-state index in [1.54, 1.807) is 12.1 Å². The van der Waals surface area contributed by atoms with Crippen molar-refractivity contribution in [1.29, 1.82) is 0 Å². The summed E-state index contributed by atoms with van der Waals surface area (Å²) in [5.74, 6) is 1.60. The Morgan fingerprint density at radius 3 is 2.70 bits per heavy atom. The average molecular weight is 271 g/mol. The summed E-state index contributed by atoms with van der Waals surface area (Å²) in [4.78, 5) is 13.4. The molecular formula is C14H17N5O. The first-order valence-electron chi connectivity index (χ1n) is 6.63. The molecule has 20 heavy (non-hydrogen) atoms. The lowest BCUT2D eigenvalue weighted by Gasteiger charge is -2.27. The van der Waals surface area contributed by atoms with E-state index in [0.717, 1.165) is 37.8 Å². The Kier molecular flexibility index (Phi) is 3.23. The lowest BCUT2D eigenvalue weighted by atomic mass is 10.1. The van der Waals surface area contributed by atoms with Crippen LogP contribution in [0.25, 0.3) is 0 Å². The van der Waals surface area contributed by atoms with Gasteiger partial charge >= 0.3 is 0 Å². The number of aryl methyl sites for hydroxylation is 1. The summed E-state index contributed by atoms with van der Waals surface area (Å²) in [5, 5.41) is 8.30. The highest BCUT2D eigenvalue weighted by Gasteiger charge is 2.19. The molecule has 3 rings (SSSR count). The minimum Gasteiger partial charge on any atom is -0.366 e. The molecule has 104 valence electrons. The van der Waals surface area contributed by atoms with E-state index >= 15 is 0 Å². The molecule has 0 bridgehead atoms. The summed E-state index contributed by atoms with van der Waals surface area (Å²) in [5.41, 5.74) is 6.95. The van der Waals surface area contributed by atoms with Crippen molar-refractivity contribution in [1.82, 2.24) is 19.7 Å². The van der Waals surface area contributed by atoms with Crippen LogP contribution < -0.4 is 5.73 Å². The third kappa shape index (κ3) is 2.42. The molecule has 1 aromatic heterocycles. The van der Waals surface area contributed by atoms with E-state index in [1.165, 1.54) is 5.56 Å². The van der Waals surface area contributed by atoms with Crippen molar-refractivity contribution in [2.24, 2.45) is 5.73 Å². The lowest BCUT2D eigenvalue weighted by Crippen LogP contribution is -2.33. The van der Waals surface area contributed by atoms with Gasteiger partial charge in [-0.2, -0.15) is 0 Å². The van der Waals surface area contributed by atoms with Crippen molar-refractivity contribution in [2.45, 2.75) is 26.6 Å². The third-order valence-electron chi connectivity index (χ3n) is 3.66. The number of fused-ring (bicyclic) bond motifs is 1. The van der Waals surface area contributed by atoms with Crippen LogP contribution in [0.15, 0.2) is 24.3 Å². The smallest absolute Gasteiger partial charge is 0.248 e. The number of benzene rings is 1. The zero-order valence-corrected chi connectivity index (χ0v) is 11.4. The molecule has 0 unspecified atom stereocenters. The van der Waals surface area contributed by atoms with Gasteiger partial charge in [0.1, 0.15) is 11.6 Å². The molecule has 1 aliphatic heterocycles. The predicted molar refractivity (Wildman–Crippen MR) is 73.8 cm³/mol. The maximum atomic E-state index is 11.0. The van der Waals surface area contributed by atoms with E-state index in [-0.39, 0.29) is 0 Å². The van der Waals surface area contributed by atoms with Crippen LogP contribution in [-0.4, -0.2) is 32.1 Å². The van der Waals surface area contributed by atoms with Gasteiger partial charge in [-0.15, -0.1) is 10.2 Å². The largest absolute Gasteiger partial charge is 0.366 e. The topological polar surface area (TPSA) is 77.0 Å². The van der Waals surface area contributed by atoms with E-state index in [0.29, 0.717) is 5.56 Å². The number of carbonyl (C=O) groups excluding carboxylic acids is 1. The number of primary amides is 1. The summed E-state index contributed by atoms with van der Waals surface area (Å²) in [6.45, 7) is 5.52. The lowest BCUT2D eigenvalue weighted by molar-refractivity contribution is 0.100. The average Bonchev–Trinajstić information content (AvgIpc) is 2.81. The van der Waals surface area contributed by atoms with Gasteiger partial charge in [0.2, 0.25) is 5.91 Å². The number of hydrogen-bond donors (Lipinski definition) is 1. The molecule has 2 heterocycles. The monoisotopic (exact) mass is 271 g/mol. The number of rotatable bonds is 3. The maximum Gasteiger partial charge on any atom is 0.248 e. The first kappa shape index (κ1) is 12.8. The van der Waals surface area contributed by atoms with E-state index in [4.69, 9.17) is 5.73 Å². The Bertz CT molecular complexity index is 632. The van der Waals surface area contributed by atoms with Gasteiger partial charge in [0.05, 0.1) is 6.54 Å². The van der Waals surface area contributed by atoms with Crippen molar-refractivity contribution in [2.75, 3.05) is 6.54 Å². The SMILES string of the molecule is Cc1nnc2n1CCN(Cc1ccc(C(N)=O)cc1)C2. The Balaban J connectivity index is 1.68. The number of nitrogens with zero attached hydrogens (tertiary/aromatic N) is 4. The molecule has 1 amide bonds. The molecule has 6 heteroatoms. The molecule has 1 aliphatic rings. The molecule has 0 spiro atoms. The molecule has 0 atom stereocenters. The van der Waals surface area contributed by atoms with Gasteiger partial charge in [-0.05, 0) is 24.6 Å². The number of hydrogen-bond acceptors (Lipinski definition) is 4. The van der Waals surface area contributed by atoms with Gasteiger partial charge in [0, 0.05) is 25.2 Å². The molecular weight excluding hydrogens is 254 g/mol. The number of carbonyl (C=O) groups is 1. The first-order valence-corrected chi connectivity index (χ1v) is 6.63. The van der Waals surface area contributed by atoms with Gasteiger partial charge in [0.25, 0.3) is 0 Å². The fourth-order valence-electron chi connectivity index (χ4n) is 2.52. The van der Waals surface area contributed by atoms with Crippen LogP contribution in [0.1, 0.15) is 27.6 Å². The normalized spacial score (nSPS) is 15.1. The van der Waals surface area contributed by atoms with Crippen molar-refractivity contribution in [3.63, 3.8) is 0 Å². The molecule has 0 aliphatic carbocycles. The molecule has 2 N–H and O–H groups in total. The molecule has 0 radical (unpaired) electrons. The summed E-state index contributed by atoms with van der Waals surface area (Å²) in [7, 11) is 0. The second kappa shape index (κ2) is 5.05. The number of amides is 1. The minimum absolute atomic E-state index is 0.391. The van der Waals surface area contributed by atoms with Crippen molar-refractivity contribution >= 4 is 5.91 Å². The van der Waals surface area contributed by atoms with E-state index in [1.807, 2.05) is 19.1 Å². The van der Waals surface area contributed by atoms with Crippen molar-refractivity contribution < 1.29 is 4.79 Å². The molecule has 1 aromatic carbocycles. The van der Waals surface area contributed by atoms with Crippen LogP contribution >= 0.6 is 0 Å². The van der Waals surface area contributed by atoms with E-state index < -0.39 is 5.91 Å². The van der Waals surface area contributed by atoms with Crippen LogP contribution in [0, 0.1) is 6.92 Å². The highest BCUT2D eigenvalue weighted by molar-refractivity contribution is 5.92. The molecule has 0 fully saturated rings. The third-order valence-corrected chi connectivity index (χ3v) is 3.66. The van der Waals surface area contributed by atoms with Crippen LogP contribution in [0.4, 0.5) is 0 Å². The zero-order valence-electron chi connectivity index (χ0n) is 11.4. The Morgan fingerprint density at radius 2 is 2.00 bits per heavy atom. The van der Waals surface area contributed by atoms with Crippen molar-refractivity contribution in [3.05, 3.63) is 47.0 Å². The van der Waals surface area contributed by atoms with Crippen LogP contribution in [-0.2, 0) is 19.6 Å². The van der Waals surface area contributed by atoms with Crippen LogP contribution in [0.2, 0.25) is 0 Å². The molecule has 0 saturated carbocycles. The second-order valence-corrected chi connectivity index (χ2v) is 5.09. The fraction of sp³-hybridized carbons (Fsp3) is 0.357. The quantitative estimate of drug-likeness (QED) is 0.891. The number of aromatic nitrogens is 3. The predicted octanol–water partition coefficient (Wildman–Crippen LogP) is 0.701. The van der Waals surface area contributed by atoms with Gasteiger partial charge in [-0.25, -0.2) is 0 Å². The second-order valence-electron chi connectivity index (χ2n) is 5.09. The summed E-state index contributed by atoms with van der Waals surface area (Å²) >= 11 is 0. The van der Waals surface area contributed by atoms with Crippen molar-refractivity contribution in [3.8, 4) is 0 Å². The summed E-state index contributed by atoms with van der Waals surface area (Å²) in [6.07, 6.45) is 0. The molecule has 2 aromatic rings. The maximum absolute atomic E-state index is 11.0. The Labute approximate surface area is 117 Å². The Morgan fingerprint density at radius 1 is 1.25 bits per heavy atom. The first-order chi connectivity index (χ1) is 9.63. The van der Waals surface area contributed by atoms with E-state index in [9.17, 15) is 4.79 Å². The molecule has 6 nitrogen and oxygen atoms in total. The van der Waals surface area contributed by atoms with E-state index in [2.05, 4.69) is 19.7 Å². The van der Waals surface area contributed by atoms with Gasteiger partial charge < -0.3 is 10.3 Å². The standard InChI is InChI=1S/C14H17N5O/c1-10-16-17-13-9-18(6-7-19(10)13)8-11-2-4-12(5-3-11)14(15)20/h2-5H,6-9H2,1H3,(H2,15,20). The van der Waals surface area contributed by atoms with Crippen LogP contribution in [0.3, 0.4) is 0 Å². The van der Waals surface area contributed by atoms with Gasteiger partial charge in [-0.3, -0.25) is 9.69 Å². The Hall–Kier alpha value is -2.21. The van der Waals surface area contributed by atoms with Gasteiger partial charge in [-0.1, -0.05) is 12.1 Å². The molecule has 0 saturated heterocycles. The highest BCUT2D eigenvalue weighted by atomic mass is 16.1. The summed E-state index contributed by atoms with van der Waals surface area (Å²) < 4.78 is 2.16.